The first-order valence-corrected chi connectivity index (χ1v) is 4.61. The summed E-state index contributed by atoms with van der Waals surface area (Å²) in [5.74, 6) is -0.901. The topological polar surface area (TPSA) is 93.0 Å². The number of hydrogen-bond acceptors (Lipinski definition) is 5. The first-order chi connectivity index (χ1) is 6.65. The Hall–Kier alpha value is -0.690. The van der Waals surface area contributed by atoms with Crippen molar-refractivity contribution in [1.82, 2.24) is 10.2 Å². The number of carboxylic acid groups (broad SMARTS) is 1. The predicted octanol–water partition coefficient (Wildman–Crippen LogP) is -2.30. The van der Waals surface area contributed by atoms with Crippen LogP contribution in [0.1, 0.15) is 0 Å². The van der Waals surface area contributed by atoms with E-state index in [1.807, 2.05) is 0 Å². The maximum Gasteiger partial charge on any atom is 0.322 e. The summed E-state index contributed by atoms with van der Waals surface area (Å²) in [7, 11) is 0. The van der Waals surface area contributed by atoms with Gasteiger partial charge in [-0.15, -0.1) is 0 Å². The molecule has 0 radical (unpaired) electrons. The number of piperazine rings is 1. The van der Waals surface area contributed by atoms with E-state index in [9.17, 15) is 9.90 Å². The minimum atomic E-state index is -0.901. The molecule has 1 fully saturated rings. The number of nitrogens with one attached hydrogen (secondary N) is 1. The predicted molar refractivity (Wildman–Crippen MR) is 49.0 cm³/mol. The molecule has 4 N–H and O–H groups in total. The molecule has 0 aromatic carbocycles. The maximum absolute atomic E-state index is 10.8. The van der Waals surface area contributed by atoms with Crippen LogP contribution in [-0.2, 0) is 4.79 Å². The molecule has 2 atom stereocenters. The highest BCUT2D eigenvalue weighted by atomic mass is 16.4. The number of hydrogen-bond donors (Lipinski definition) is 4. The highest BCUT2D eigenvalue weighted by Crippen LogP contribution is 2.04. The van der Waals surface area contributed by atoms with E-state index in [4.69, 9.17) is 10.2 Å². The summed E-state index contributed by atoms with van der Waals surface area (Å²) in [6, 6.07) is -0.607. The van der Waals surface area contributed by atoms with Crippen LogP contribution in [0.4, 0.5) is 0 Å². The summed E-state index contributed by atoms with van der Waals surface area (Å²) in [6.45, 7) is 1.54. The Morgan fingerprint density at radius 1 is 1.64 bits per heavy atom. The second-order valence-corrected chi connectivity index (χ2v) is 3.39. The molecule has 1 heterocycles. The second-order valence-electron chi connectivity index (χ2n) is 3.39. The van der Waals surface area contributed by atoms with Crippen LogP contribution in [0.3, 0.4) is 0 Å². The molecule has 6 nitrogen and oxygen atoms in total. The summed E-state index contributed by atoms with van der Waals surface area (Å²) in [5, 5.41) is 29.7. The Balaban J connectivity index is 2.49. The van der Waals surface area contributed by atoms with Crippen molar-refractivity contribution in [3.8, 4) is 0 Å². The van der Waals surface area contributed by atoms with Gasteiger partial charge in [0.2, 0.25) is 0 Å². The normalized spacial score (nSPS) is 26.0. The average Bonchev–Trinajstić information content (AvgIpc) is 2.18. The molecule has 0 aromatic heterocycles. The van der Waals surface area contributed by atoms with Crippen molar-refractivity contribution in [2.75, 3.05) is 32.8 Å². The summed E-state index contributed by atoms with van der Waals surface area (Å²) >= 11 is 0. The Kier molecular flexibility index (Phi) is 4.27. The molecular weight excluding hydrogens is 188 g/mol. The van der Waals surface area contributed by atoms with Crippen LogP contribution < -0.4 is 5.32 Å². The number of carbonyl (C=O) groups is 1. The number of aliphatic carboxylic acids is 1. The third-order valence-electron chi connectivity index (χ3n) is 2.30. The highest BCUT2D eigenvalue weighted by Gasteiger charge is 2.29. The minimum Gasteiger partial charge on any atom is -0.480 e. The van der Waals surface area contributed by atoms with Crippen LogP contribution >= 0.6 is 0 Å². The fourth-order valence-corrected chi connectivity index (χ4v) is 1.54. The van der Waals surface area contributed by atoms with Gasteiger partial charge >= 0.3 is 5.97 Å². The van der Waals surface area contributed by atoms with Gasteiger partial charge in [-0.25, -0.2) is 0 Å². The molecular formula is C8H16N2O4. The number of carboxylic acids is 1. The Labute approximate surface area is 82.1 Å². The summed E-state index contributed by atoms with van der Waals surface area (Å²) in [4.78, 5) is 12.5. The number of β-amino-alcohol motifs (C(OH)–C–C–N with tert-alkyl or cyclic N) is 1. The molecule has 1 aliphatic rings. The molecule has 1 aliphatic heterocycles. The van der Waals surface area contributed by atoms with Crippen molar-refractivity contribution in [3.05, 3.63) is 0 Å². The summed E-state index contributed by atoms with van der Waals surface area (Å²) in [5.41, 5.74) is 0. The number of aliphatic hydroxyl groups is 2. The van der Waals surface area contributed by atoms with Gasteiger partial charge in [-0.3, -0.25) is 9.69 Å². The highest BCUT2D eigenvalue weighted by molar-refractivity contribution is 5.73. The third-order valence-corrected chi connectivity index (χ3v) is 2.30. The monoisotopic (exact) mass is 204 g/mol. The smallest absolute Gasteiger partial charge is 0.322 e. The molecule has 1 saturated heterocycles. The van der Waals surface area contributed by atoms with Gasteiger partial charge in [0.25, 0.3) is 0 Å². The van der Waals surface area contributed by atoms with Crippen LogP contribution in [0.2, 0.25) is 0 Å². The average molecular weight is 204 g/mol. The van der Waals surface area contributed by atoms with Crippen molar-refractivity contribution >= 4 is 5.97 Å². The van der Waals surface area contributed by atoms with Crippen molar-refractivity contribution in [1.29, 1.82) is 0 Å². The second kappa shape index (κ2) is 5.26. The van der Waals surface area contributed by atoms with Gasteiger partial charge in [0.1, 0.15) is 6.04 Å². The van der Waals surface area contributed by atoms with Crippen molar-refractivity contribution in [3.63, 3.8) is 0 Å². The van der Waals surface area contributed by atoms with Gasteiger partial charge in [0.05, 0.1) is 12.7 Å². The van der Waals surface area contributed by atoms with E-state index < -0.39 is 18.1 Å². The van der Waals surface area contributed by atoms with Gasteiger partial charge in [-0.1, -0.05) is 0 Å². The molecule has 14 heavy (non-hydrogen) atoms. The molecule has 0 spiro atoms. The Bertz CT molecular complexity index is 200. The van der Waals surface area contributed by atoms with Crippen LogP contribution in [0.25, 0.3) is 0 Å². The Morgan fingerprint density at radius 2 is 2.36 bits per heavy atom. The minimum absolute atomic E-state index is 0.204. The van der Waals surface area contributed by atoms with E-state index in [-0.39, 0.29) is 13.2 Å². The number of nitrogens with zero attached hydrogens (tertiary/aromatic N) is 1. The van der Waals surface area contributed by atoms with Crippen LogP contribution in [0.15, 0.2) is 0 Å². The van der Waals surface area contributed by atoms with E-state index in [1.54, 1.807) is 4.90 Å². The Morgan fingerprint density at radius 3 is 2.93 bits per heavy atom. The molecule has 0 saturated carbocycles. The number of rotatable bonds is 4. The third kappa shape index (κ3) is 2.91. The zero-order valence-electron chi connectivity index (χ0n) is 7.89. The van der Waals surface area contributed by atoms with Gasteiger partial charge in [-0.05, 0) is 0 Å². The van der Waals surface area contributed by atoms with E-state index in [0.717, 1.165) is 0 Å². The molecule has 0 aromatic rings. The first-order valence-electron chi connectivity index (χ1n) is 4.61. The lowest BCUT2D eigenvalue weighted by Gasteiger charge is -2.34. The molecule has 1 rings (SSSR count). The van der Waals surface area contributed by atoms with Crippen LogP contribution in [0, 0.1) is 0 Å². The molecule has 0 aliphatic carbocycles. The van der Waals surface area contributed by atoms with Crippen LogP contribution in [-0.4, -0.2) is 71.1 Å². The van der Waals surface area contributed by atoms with Crippen molar-refractivity contribution in [2.24, 2.45) is 0 Å². The lowest BCUT2D eigenvalue weighted by atomic mass is 10.1. The molecule has 2 unspecified atom stereocenters. The van der Waals surface area contributed by atoms with Crippen molar-refractivity contribution < 1.29 is 20.1 Å². The molecule has 6 heteroatoms. The zero-order valence-corrected chi connectivity index (χ0v) is 7.89. The van der Waals surface area contributed by atoms with E-state index >= 15 is 0 Å². The first kappa shape index (κ1) is 11.4. The lowest BCUT2D eigenvalue weighted by molar-refractivity contribution is -0.144. The van der Waals surface area contributed by atoms with Crippen molar-refractivity contribution in [2.45, 2.75) is 12.1 Å². The number of aliphatic hydroxyl groups excluding tert-OH is 2. The van der Waals surface area contributed by atoms with E-state index in [0.29, 0.717) is 19.6 Å². The zero-order chi connectivity index (χ0) is 10.6. The standard InChI is InChI=1S/C8H16N2O4/c11-5-6(12)4-10-2-1-9-3-7(10)8(13)14/h6-7,9,11-12H,1-5H2,(H,13,14). The lowest BCUT2D eigenvalue weighted by Crippen LogP contribution is -2.56. The van der Waals surface area contributed by atoms with Crippen LogP contribution in [0.5, 0.6) is 0 Å². The van der Waals surface area contributed by atoms with E-state index in [1.165, 1.54) is 0 Å². The maximum atomic E-state index is 10.8. The largest absolute Gasteiger partial charge is 0.480 e. The quantitative estimate of drug-likeness (QED) is 0.411. The summed E-state index contributed by atoms with van der Waals surface area (Å²) < 4.78 is 0. The van der Waals surface area contributed by atoms with Gasteiger partial charge < -0.3 is 20.6 Å². The van der Waals surface area contributed by atoms with Gasteiger partial charge in [0, 0.05) is 26.2 Å². The fraction of sp³-hybridized carbons (Fsp3) is 0.875. The molecule has 0 bridgehead atoms. The SMILES string of the molecule is O=C(O)C1CNCCN1CC(O)CO. The molecule has 82 valence electrons. The summed E-state index contributed by atoms with van der Waals surface area (Å²) in [6.07, 6.45) is -0.866. The van der Waals surface area contributed by atoms with Gasteiger partial charge in [-0.2, -0.15) is 0 Å². The van der Waals surface area contributed by atoms with Gasteiger partial charge in [0.15, 0.2) is 0 Å². The fourth-order valence-electron chi connectivity index (χ4n) is 1.54. The molecule has 0 amide bonds. The van der Waals surface area contributed by atoms with E-state index in [2.05, 4.69) is 5.32 Å².